The Labute approximate surface area is 196 Å². The van der Waals surface area contributed by atoms with E-state index in [1.807, 2.05) is 19.1 Å². The number of hydrogen-bond acceptors (Lipinski definition) is 6. The van der Waals surface area contributed by atoms with Gasteiger partial charge in [0.1, 0.15) is 17.1 Å². The first-order valence-corrected chi connectivity index (χ1v) is 11.5. The van der Waals surface area contributed by atoms with Crippen LogP contribution in [-0.2, 0) is 0 Å². The zero-order valence-corrected chi connectivity index (χ0v) is 18.8. The van der Waals surface area contributed by atoms with Crippen LogP contribution in [0, 0.1) is 5.82 Å². The molecule has 1 amide bonds. The van der Waals surface area contributed by atoms with Gasteiger partial charge in [0.05, 0.1) is 33.8 Å². The van der Waals surface area contributed by atoms with Gasteiger partial charge in [0.2, 0.25) is 5.76 Å². The second-order valence-corrected chi connectivity index (χ2v) is 8.87. The standard InChI is InChI=1S/C26H17FN2O4S/c1-2-32-16-10-7-14(8-11-16)22-21-23(30)17-5-3-4-6-19(17)33-24(21)25(31)29(22)26-28-18-12-9-15(27)13-20(18)34-26/h3-13,22H,2H2,1H3. The second kappa shape index (κ2) is 7.78. The smallest absolute Gasteiger partial charge is 0.297 e. The molecule has 0 N–H and O–H groups in total. The number of anilines is 1. The maximum atomic E-state index is 13.8. The Bertz CT molecular complexity index is 1640. The first-order chi connectivity index (χ1) is 16.5. The van der Waals surface area contributed by atoms with E-state index in [2.05, 4.69) is 4.98 Å². The third-order valence-electron chi connectivity index (χ3n) is 5.83. The lowest BCUT2D eigenvalue weighted by Gasteiger charge is -2.22. The number of rotatable bonds is 4. The molecule has 2 aromatic heterocycles. The number of amides is 1. The molecule has 168 valence electrons. The van der Waals surface area contributed by atoms with Crippen molar-refractivity contribution in [2.24, 2.45) is 0 Å². The summed E-state index contributed by atoms with van der Waals surface area (Å²) >= 11 is 1.19. The molecule has 6 nitrogen and oxygen atoms in total. The lowest BCUT2D eigenvalue weighted by Crippen LogP contribution is -2.29. The molecule has 8 heteroatoms. The van der Waals surface area contributed by atoms with Crippen LogP contribution in [0.5, 0.6) is 5.75 Å². The average molecular weight is 472 g/mol. The van der Waals surface area contributed by atoms with E-state index >= 15 is 0 Å². The van der Waals surface area contributed by atoms with Crippen LogP contribution in [0.15, 0.2) is 75.9 Å². The molecule has 6 rings (SSSR count). The highest BCUT2D eigenvalue weighted by atomic mass is 32.1. The van der Waals surface area contributed by atoms with Gasteiger partial charge in [-0.2, -0.15) is 0 Å². The number of benzene rings is 3. The molecule has 1 atom stereocenters. The fraction of sp³-hybridized carbons (Fsp3) is 0.115. The fourth-order valence-electron chi connectivity index (χ4n) is 4.33. The van der Waals surface area contributed by atoms with Gasteiger partial charge < -0.3 is 9.15 Å². The topological polar surface area (TPSA) is 72.6 Å². The maximum absolute atomic E-state index is 13.8. The quantitative estimate of drug-likeness (QED) is 0.336. The largest absolute Gasteiger partial charge is 0.494 e. The van der Waals surface area contributed by atoms with Crippen LogP contribution in [-0.4, -0.2) is 17.5 Å². The molecule has 0 saturated heterocycles. The van der Waals surface area contributed by atoms with Crippen molar-refractivity contribution in [2.75, 3.05) is 11.5 Å². The molecule has 0 radical (unpaired) electrons. The maximum Gasteiger partial charge on any atom is 0.297 e. The van der Waals surface area contributed by atoms with E-state index in [0.717, 1.165) is 0 Å². The van der Waals surface area contributed by atoms with Gasteiger partial charge >= 0.3 is 0 Å². The molecular formula is C26H17FN2O4S. The van der Waals surface area contributed by atoms with Crippen LogP contribution in [0.3, 0.4) is 0 Å². The van der Waals surface area contributed by atoms with Crippen LogP contribution < -0.4 is 15.1 Å². The van der Waals surface area contributed by atoms with Gasteiger partial charge in [-0.15, -0.1) is 0 Å². The zero-order valence-electron chi connectivity index (χ0n) is 17.9. The van der Waals surface area contributed by atoms with Gasteiger partial charge in [-0.3, -0.25) is 14.5 Å². The van der Waals surface area contributed by atoms with Crippen LogP contribution in [0.2, 0.25) is 0 Å². The molecule has 0 bridgehead atoms. The van der Waals surface area contributed by atoms with Gasteiger partial charge in [0.15, 0.2) is 10.6 Å². The van der Waals surface area contributed by atoms with Gasteiger partial charge in [-0.25, -0.2) is 9.37 Å². The molecular weight excluding hydrogens is 455 g/mol. The highest BCUT2D eigenvalue weighted by Gasteiger charge is 2.45. The first kappa shape index (κ1) is 20.6. The summed E-state index contributed by atoms with van der Waals surface area (Å²) in [5.41, 5.74) is 1.62. The number of fused-ring (bicyclic) bond motifs is 3. The molecule has 0 spiro atoms. The summed E-state index contributed by atoms with van der Waals surface area (Å²) in [6.45, 7) is 2.42. The Morgan fingerprint density at radius 3 is 2.68 bits per heavy atom. The number of halogens is 1. The van der Waals surface area contributed by atoms with E-state index in [1.165, 1.54) is 28.4 Å². The van der Waals surface area contributed by atoms with Gasteiger partial charge in [0.25, 0.3) is 5.91 Å². The average Bonchev–Trinajstić information content (AvgIpc) is 3.38. The summed E-state index contributed by atoms with van der Waals surface area (Å²) in [4.78, 5) is 33.3. The number of carbonyl (C=O) groups is 1. The molecule has 1 aliphatic heterocycles. The Hall–Kier alpha value is -4.04. The number of thiazole rings is 1. The highest BCUT2D eigenvalue weighted by Crippen LogP contribution is 2.43. The van der Waals surface area contributed by atoms with Crippen molar-refractivity contribution in [1.82, 2.24) is 4.98 Å². The molecule has 0 aliphatic carbocycles. The number of nitrogens with zero attached hydrogens (tertiary/aromatic N) is 2. The van der Waals surface area contributed by atoms with Crippen LogP contribution in [0.4, 0.5) is 9.52 Å². The van der Waals surface area contributed by atoms with Crippen LogP contribution in [0.25, 0.3) is 21.2 Å². The van der Waals surface area contributed by atoms with Gasteiger partial charge in [0, 0.05) is 0 Å². The van der Waals surface area contributed by atoms with Crippen molar-refractivity contribution < 1.29 is 18.3 Å². The predicted octanol–water partition coefficient (Wildman–Crippen LogP) is 5.69. The Morgan fingerprint density at radius 1 is 1.09 bits per heavy atom. The summed E-state index contributed by atoms with van der Waals surface area (Å²) in [5, 5.41) is 0.762. The van der Waals surface area contributed by atoms with Crippen LogP contribution >= 0.6 is 11.3 Å². The third kappa shape index (κ3) is 3.10. The molecule has 3 heterocycles. The monoisotopic (exact) mass is 472 g/mol. The van der Waals surface area contributed by atoms with E-state index in [9.17, 15) is 14.0 Å². The molecule has 0 fully saturated rings. The molecule has 1 aliphatic rings. The minimum Gasteiger partial charge on any atom is -0.494 e. The first-order valence-electron chi connectivity index (χ1n) is 10.7. The number of hydrogen-bond donors (Lipinski definition) is 0. The third-order valence-corrected chi connectivity index (χ3v) is 6.85. The SMILES string of the molecule is CCOc1ccc(C2c3c(oc4ccccc4c3=O)C(=O)N2c2nc3ccc(F)cc3s2)cc1. The number of para-hydroxylation sites is 1. The van der Waals surface area contributed by atoms with Crippen molar-refractivity contribution in [2.45, 2.75) is 13.0 Å². The van der Waals surface area contributed by atoms with E-state index in [0.29, 0.717) is 44.2 Å². The molecule has 1 unspecified atom stereocenters. The van der Waals surface area contributed by atoms with Crippen molar-refractivity contribution in [1.29, 1.82) is 0 Å². The summed E-state index contributed by atoms with van der Waals surface area (Å²) in [6, 6.07) is 17.7. The van der Waals surface area contributed by atoms with Crippen molar-refractivity contribution >= 4 is 43.6 Å². The lowest BCUT2D eigenvalue weighted by molar-refractivity contribution is 0.0971. The summed E-state index contributed by atoms with van der Waals surface area (Å²) in [6.07, 6.45) is 0. The molecule has 34 heavy (non-hydrogen) atoms. The molecule has 0 saturated carbocycles. The van der Waals surface area contributed by atoms with Gasteiger partial charge in [-0.1, -0.05) is 35.6 Å². The van der Waals surface area contributed by atoms with E-state index in [-0.39, 0.29) is 22.6 Å². The van der Waals surface area contributed by atoms with Crippen molar-refractivity contribution in [3.63, 3.8) is 0 Å². The predicted molar refractivity (Wildman–Crippen MR) is 128 cm³/mol. The summed E-state index contributed by atoms with van der Waals surface area (Å²) in [5.74, 6) is -0.169. The van der Waals surface area contributed by atoms with E-state index in [4.69, 9.17) is 9.15 Å². The Kier molecular flexibility index (Phi) is 4.70. The lowest BCUT2D eigenvalue weighted by atomic mass is 9.98. The minimum absolute atomic E-state index is 0.00646. The van der Waals surface area contributed by atoms with E-state index in [1.54, 1.807) is 42.5 Å². The van der Waals surface area contributed by atoms with Crippen molar-refractivity contribution in [3.05, 3.63) is 99.7 Å². The number of aromatic nitrogens is 1. The summed E-state index contributed by atoms with van der Waals surface area (Å²) in [7, 11) is 0. The molecule has 5 aromatic rings. The Balaban J connectivity index is 1.59. The second-order valence-electron chi connectivity index (χ2n) is 7.86. The highest BCUT2D eigenvalue weighted by molar-refractivity contribution is 7.22. The van der Waals surface area contributed by atoms with Crippen molar-refractivity contribution in [3.8, 4) is 5.75 Å². The Morgan fingerprint density at radius 2 is 1.88 bits per heavy atom. The number of carbonyl (C=O) groups excluding carboxylic acids is 1. The van der Waals surface area contributed by atoms with E-state index < -0.39 is 11.9 Å². The summed E-state index contributed by atoms with van der Waals surface area (Å²) < 4.78 is 25.9. The van der Waals surface area contributed by atoms with Gasteiger partial charge in [-0.05, 0) is 55.0 Å². The van der Waals surface area contributed by atoms with Crippen LogP contribution in [0.1, 0.15) is 34.6 Å². The molecule has 3 aromatic carbocycles. The number of ether oxygens (including phenoxy) is 1. The normalized spacial score (nSPS) is 15.3. The minimum atomic E-state index is -0.746. The fourth-order valence-corrected chi connectivity index (χ4v) is 5.35. The zero-order chi connectivity index (χ0) is 23.4.